The van der Waals surface area contributed by atoms with E-state index in [1.807, 2.05) is 6.07 Å². The van der Waals surface area contributed by atoms with Crippen LogP contribution in [0.4, 0.5) is 5.69 Å². The fraction of sp³-hybridized carbons (Fsp3) is 0.222. The van der Waals surface area contributed by atoms with Crippen molar-refractivity contribution in [3.63, 3.8) is 0 Å². The molecule has 0 heterocycles. The molecule has 1 N–H and O–H groups in total. The third-order valence-electron chi connectivity index (χ3n) is 3.28. The summed E-state index contributed by atoms with van der Waals surface area (Å²) >= 11 is 0. The number of hydrogen-bond donors (Lipinski definition) is 1. The number of amides is 1. The number of carbonyl (C=O) groups is 2. The molecule has 0 spiro atoms. The highest BCUT2D eigenvalue weighted by Gasteiger charge is 2.17. The van der Waals surface area contributed by atoms with E-state index in [-0.39, 0.29) is 11.7 Å². The molecule has 2 aromatic rings. The topological polar surface area (TPSA) is 64.6 Å². The minimum Gasteiger partial charge on any atom is -0.493 e. The zero-order valence-corrected chi connectivity index (χ0v) is 13.3. The Kier molecular flexibility index (Phi) is 5.36. The van der Waals surface area contributed by atoms with E-state index < -0.39 is 6.10 Å². The zero-order chi connectivity index (χ0) is 16.8. The van der Waals surface area contributed by atoms with Crippen LogP contribution in [0.25, 0.3) is 0 Å². The Balaban J connectivity index is 2.05. The summed E-state index contributed by atoms with van der Waals surface area (Å²) in [5.41, 5.74) is 1.10. The summed E-state index contributed by atoms with van der Waals surface area (Å²) in [5, 5.41) is 2.74. The minimum absolute atomic E-state index is 0.0561. The van der Waals surface area contributed by atoms with Crippen LogP contribution < -0.4 is 14.8 Å². The molecule has 0 saturated carbocycles. The van der Waals surface area contributed by atoms with Gasteiger partial charge >= 0.3 is 0 Å². The van der Waals surface area contributed by atoms with E-state index in [9.17, 15) is 9.59 Å². The van der Waals surface area contributed by atoms with Gasteiger partial charge in [-0.3, -0.25) is 9.59 Å². The highest BCUT2D eigenvalue weighted by molar-refractivity contribution is 5.98. The molecular weight excluding hydrogens is 294 g/mol. The highest BCUT2D eigenvalue weighted by Crippen LogP contribution is 2.27. The van der Waals surface area contributed by atoms with Gasteiger partial charge in [0.15, 0.2) is 23.4 Å². The maximum atomic E-state index is 12.2. The van der Waals surface area contributed by atoms with Gasteiger partial charge in [-0.25, -0.2) is 0 Å². The van der Waals surface area contributed by atoms with Gasteiger partial charge in [-0.2, -0.15) is 0 Å². The lowest BCUT2D eigenvalue weighted by atomic mass is 10.1. The lowest BCUT2D eigenvalue weighted by molar-refractivity contribution is -0.122. The van der Waals surface area contributed by atoms with Crippen LogP contribution in [-0.4, -0.2) is 24.9 Å². The number of ketones is 1. The number of para-hydroxylation sites is 2. The van der Waals surface area contributed by atoms with Gasteiger partial charge in [0.1, 0.15) is 0 Å². The first-order valence-electron chi connectivity index (χ1n) is 7.23. The summed E-state index contributed by atoms with van der Waals surface area (Å²) in [7, 11) is 1.54. The second-order valence-corrected chi connectivity index (χ2v) is 5.04. The summed E-state index contributed by atoms with van der Waals surface area (Å²) in [5.74, 6) is 0.692. The van der Waals surface area contributed by atoms with E-state index in [4.69, 9.17) is 9.47 Å². The van der Waals surface area contributed by atoms with Gasteiger partial charge in [-0.05, 0) is 38.1 Å². The van der Waals surface area contributed by atoms with Crippen molar-refractivity contribution < 1.29 is 19.1 Å². The van der Waals surface area contributed by atoms with Crippen LogP contribution in [0.2, 0.25) is 0 Å². The molecule has 1 atom stereocenters. The third kappa shape index (κ3) is 4.32. The predicted octanol–water partition coefficient (Wildman–Crippen LogP) is 3.30. The van der Waals surface area contributed by atoms with Crippen LogP contribution in [0.1, 0.15) is 24.2 Å². The number of benzene rings is 2. The monoisotopic (exact) mass is 313 g/mol. The standard InChI is InChI=1S/C18H19NO4/c1-12(20)14-7-6-8-15(11-14)19-18(21)13(2)23-17-10-5-4-9-16(17)22-3/h4-11,13H,1-3H3,(H,19,21). The van der Waals surface area contributed by atoms with E-state index in [1.165, 1.54) is 6.92 Å². The molecule has 1 unspecified atom stereocenters. The second-order valence-electron chi connectivity index (χ2n) is 5.04. The Morgan fingerprint density at radius 2 is 1.74 bits per heavy atom. The van der Waals surface area contributed by atoms with E-state index in [1.54, 1.807) is 56.5 Å². The van der Waals surface area contributed by atoms with Crippen LogP contribution in [0, 0.1) is 0 Å². The Bertz CT molecular complexity index is 712. The molecule has 0 bridgehead atoms. The number of nitrogens with one attached hydrogen (secondary N) is 1. The quantitative estimate of drug-likeness (QED) is 0.831. The van der Waals surface area contributed by atoms with E-state index in [2.05, 4.69) is 5.32 Å². The highest BCUT2D eigenvalue weighted by atomic mass is 16.5. The van der Waals surface area contributed by atoms with Crippen LogP contribution in [0.15, 0.2) is 48.5 Å². The SMILES string of the molecule is COc1ccccc1OC(C)C(=O)Nc1cccc(C(C)=O)c1. The maximum absolute atomic E-state index is 12.2. The largest absolute Gasteiger partial charge is 0.493 e. The molecule has 0 radical (unpaired) electrons. The number of carbonyl (C=O) groups excluding carboxylic acids is 2. The number of hydrogen-bond acceptors (Lipinski definition) is 4. The van der Waals surface area contributed by atoms with Gasteiger partial charge in [0.25, 0.3) is 5.91 Å². The molecule has 0 saturated heterocycles. The molecule has 2 rings (SSSR count). The third-order valence-corrected chi connectivity index (χ3v) is 3.28. The minimum atomic E-state index is -0.715. The van der Waals surface area contributed by atoms with E-state index in [0.29, 0.717) is 22.7 Å². The van der Waals surface area contributed by atoms with Gasteiger partial charge in [-0.15, -0.1) is 0 Å². The molecule has 23 heavy (non-hydrogen) atoms. The first kappa shape index (κ1) is 16.5. The number of Topliss-reactive ketones (excluding diaryl/α,β-unsaturated/α-hetero) is 1. The normalized spacial score (nSPS) is 11.4. The lowest BCUT2D eigenvalue weighted by Gasteiger charge is -2.16. The zero-order valence-electron chi connectivity index (χ0n) is 13.3. The molecule has 0 aromatic heterocycles. The van der Waals surface area contributed by atoms with Crippen molar-refractivity contribution in [2.24, 2.45) is 0 Å². The number of ether oxygens (including phenoxy) is 2. The van der Waals surface area contributed by atoms with Gasteiger partial charge < -0.3 is 14.8 Å². The predicted molar refractivity (Wildman–Crippen MR) is 88.2 cm³/mol. The first-order valence-corrected chi connectivity index (χ1v) is 7.23. The Labute approximate surface area is 135 Å². The molecule has 0 aliphatic carbocycles. The van der Waals surface area contributed by atoms with Gasteiger partial charge in [-0.1, -0.05) is 24.3 Å². The molecule has 120 valence electrons. The molecule has 0 aliphatic heterocycles. The molecular formula is C18H19NO4. The first-order chi connectivity index (χ1) is 11.0. The number of rotatable bonds is 6. The Morgan fingerprint density at radius 1 is 1.04 bits per heavy atom. The second kappa shape index (κ2) is 7.45. The fourth-order valence-electron chi connectivity index (χ4n) is 2.02. The summed E-state index contributed by atoms with van der Waals surface area (Å²) in [6, 6.07) is 13.9. The van der Waals surface area contributed by atoms with Crippen molar-refractivity contribution in [1.82, 2.24) is 0 Å². The average Bonchev–Trinajstić information content (AvgIpc) is 2.55. The van der Waals surface area contributed by atoms with Crippen molar-refractivity contribution in [2.45, 2.75) is 20.0 Å². The van der Waals surface area contributed by atoms with Crippen LogP contribution in [-0.2, 0) is 4.79 Å². The van der Waals surface area contributed by atoms with Crippen LogP contribution in [0.5, 0.6) is 11.5 Å². The molecule has 2 aromatic carbocycles. The van der Waals surface area contributed by atoms with Crippen molar-refractivity contribution in [3.8, 4) is 11.5 Å². The van der Waals surface area contributed by atoms with Crippen molar-refractivity contribution in [2.75, 3.05) is 12.4 Å². The summed E-state index contributed by atoms with van der Waals surface area (Å²) < 4.78 is 10.8. The summed E-state index contributed by atoms with van der Waals surface area (Å²) in [6.07, 6.45) is -0.715. The number of methoxy groups -OCH3 is 1. The maximum Gasteiger partial charge on any atom is 0.265 e. The number of anilines is 1. The summed E-state index contributed by atoms with van der Waals surface area (Å²) in [6.45, 7) is 3.13. The fourth-order valence-corrected chi connectivity index (χ4v) is 2.02. The van der Waals surface area contributed by atoms with Gasteiger partial charge in [0.05, 0.1) is 7.11 Å². The molecule has 1 amide bonds. The molecule has 5 nitrogen and oxygen atoms in total. The molecule has 5 heteroatoms. The van der Waals surface area contributed by atoms with Gasteiger partial charge in [0, 0.05) is 11.3 Å². The van der Waals surface area contributed by atoms with Crippen molar-refractivity contribution in [1.29, 1.82) is 0 Å². The molecule has 0 aliphatic rings. The average molecular weight is 313 g/mol. The van der Waals surface area contributed by atoms with Crippen molar-refractivity contribution in [3.05, 3.63) is 54.1 Å². The van der Waals surface area contributed by atoms with Gasteiger partial charge in [0.2, 0.25) is 0 Å². The summed E-state index contributed by atoms with van der Waals surface area (Å²) in [4.78, 5) is 23.6. The Morgan fingerprint density at radius 3 is 2.39 bits per heavy atom. The lowest BCUT2D eigenvalue weighted by Crippen LogP contribution is -2.30. The van der Waals surface area contributed by atoms with Crippen molar-refractivity contribution >= 4 is 17.4 Å². The van der Waals surface area contributed by atoms with Crippen LogP contribution in [0.3, 0.4) is 0 Å². The molecule has 0 fully saturated rings. The van der Waals surface area contributed by atoms with Crippen LogP contribution >= 0.6 is 0 Å². The Hall–Kier alpha value is -2.82. The van der Waals surface area contributed by atoms with E-state index in [0.717, 1.165) is 0 Å². The smallest absolute Gasteiger partial charge is 0.265 e. The van der Waals surface area contributed by atoms with E-state index >= 15 is 0 Å².